The second-order valence-electron chi connectivity index (χ2n) is 5.03. The zero-order valence-corrected chi connectivity index (χ0v) is 12.5. The predicted molar refractivity (Wildman–Crippen MR) is 84.3 cm³/mol. The van der Waals surface area contributed by atoms with Crippen LogP contribution >= 0.6 is 0 Å². The molecule has 0 aliphatic rings. The van der Waals surface area contributed by atoms with Crippen molar-refractivity contribution in [3.8, 4) is 6.07 Å². The molecule has 1 aromatic carbocycles. The Morgan fingerprint density at radius 2 is 2.10 bits per heavy atom. The minimum absolute atomic E-state index is 0.557. The molecular weight excluding hydrogens is 264 g/mol. The van der Waals surface area contributed by atoms with Crippen molar-refractivity contribution in [3.63, 3.8) is 0 Å². The summed E-state index contributed by atoms with van der Waals surface area (Å²) in [5.41, 5.74) is 1.44. The highest BCUT2D eigenvalue weighted by molar-refractivity contribution is 5.82. The highest BCUT2D eigenvalue weighted by atomic mass is 16.5. The van der Waals surface area contributed by atoms with Gasteiger partial charge in [-0.05, 0) is 26.2 Å². The molecule has 110 valence electrons. The van der Waals surface area contributed by atoms with Gasteiger partial charge in [-0.1, -0.05) is 18.2 Å². The normalized spacial score (nSPS) is 10.8. The van der Waals surface area contributed by atoms with Crippen molar-refractivity contribution in [1.82, 2.24) is 9.88 Å². The lowest BCUT2D eigenvalue weighted by molar-refractivity contribution is 0.126. The van der Waals surface area contributed by atoms with Crippen molar-refractivity contribution in [2.24, 2.45) is 0 Å². The summed E-state index contributed by atoms with van der Waals surface area (Å²) in [6.45, 7) is 2.82. The van der Waals surface area contributed by atoms with Gasteiger partial charge in [0.15, 0.2) is 0 Å². The Morgan fingerprint density at radius 3 is 2.86 bits per heavy atom. The Labute approximate surface area is 125 Å². The molecule has 0 amide bonds. The first-order chi connectivity index (χ1) is 10.2. The minimum Gasteiger partial charge on any atom is -0.378 e. The number of rotatable bonds is 7. The van der Waals surface area contributed by atoms with Gasteiger partial charge in [0.25, 0.3) is 0 Å². The van der Waals surface area contributed by atoms with E-state index in [9.17, 15) is 5.26 Å². The van der Waals surface area contributed by atoms with Gasteiger partial charge in [0.05, 0.1) is 24.3 Å². The van der Waals surface area contributed by atoms with Gasteiger partial charge in [0, 0.05) is 18.5 Å². The first-order valence-electron chi connectivity index (χ1n) is 6.97. The van der Waals surface area contributed by atoms with Gasteiger partial charge >= 0.3 is 0 Å². The van der Waals surface area contributed by atoms with Crippen molar-refractivity contribution in [2.75, 3.05) is 45.7 Å². The van der Waals surface area contributed by atoms with Gasteiger partial charge in [-0.2, -0.15) is 5.26 Å². The molecule has 0 saturated heterocycles. The summed E-state index contributed by atoms with van der Waals surface area (Å²) in [4.78, 5) is 6.57. The second kappa shape index (κ2) is 7.58. The van der Waals surface area contributed by atoms with Crippen LogP contribution in [-0.4, -0.2) is 50.3 Å². The highest BCUT2D eigenvalue weighted by Gasteiger charge is 2.05. The number of para-hydroxylation sites is 1. The van der Waals surface area contributed by atoms with Crippen molar-refractivity contribution < 1.29 is 4.74 Å². The number of pyridine rings is 1. The third-order valence-corrected chi connectivity index (χ3v) is 3.07. The summed E-state index contributed by atoms with van der Waals surface area (Å²) in [5, 5.41) is 13.4. The third-order valence-electron chi connectivity index (χ3n) is 3.07. The molecule has 0 fully saturated rings. The Bertz CT molecular complexity index is 634. The summed E-state index contributed by atoms with van der Waals surface area (Å²) in [6, 6.07) is 11.8. The average Bonchev–Trinajstić information content (AvgIpc) is 2.49. The maximum absolute atomic E-state index is 9.21. The standard InChI is InChI=1S/C16H20N4O/c1-20(2)8-10-21-9-7-18-16-14(12-17)11-13-5-3-4-6-15(13)19-16/h3-6,11H,7-10H2,1-2H3,(H,18,19). The van der Waals surface area contributed by atoms with Crippen LogP contribution in [0.5, 0.6) is 0 Å². The number of fused-ring (bicyclic) bond motifs is 1. The van der Waals surface area contributed by atoms with Gasteiger partial charge in [-0.15, -0.1) is 0 Å². The molecule has 1 aromatic heterocycles. The van der Waals surface area contributed by atoms with Crippen LogP contribution < -0.4 is 5.32 Å². The predicted octanol–water partition coefficient (Wildman–Crippen LogP) is 2.10. The molecule has 5 nitrogen and oxygen atoms in total. The number of ether oxygens (including phenoxy) is 1. The topological polar surface area (TPSA) is 61.2 Å². The van der Waals surface area contributed by atoms with E-state index in [-0.39, 0.29) is 0 Å². The molecule has 21 heavy (non-hydrogen) atoms. The fraction of sp³-hybridized carbons (Fsp3) is 0.375. The van der Waals surface area contributed by atoms with E-state index in [1.807, 2.05) is 44.4 Å². The monoisotopic (exact) mass is 284 g/mol. The van der Waals surface area contributed by atoms with Crippen LogP contribution in [0.2, 0.25) is 0 Å². The average molecular weight is 284 g/mol. The van der Waals surface area contributed by atoms with E-state index >= 15 is 0 Å². The quantitative estimate of drug-likeness (QED) is 0.789. The number of likely N-dealkylation sites (N-methyl/N-ethyl adjacent to an activating group) is 1. The number of benzene rings is 1. The SMILES string of the molecule is CN(C)CCOCCNc1nc2ccccc2cc1C#N. The van der Waals surface area contributed by atoms with Crippen LogP contribution in [0.3, 0.4) is 0 Å². The van der Waals surface area contributed by atoms with Crippen molar-refractivity contribution in [1.29, 1.82) is 5.26 Å². The number of nitrogens with one attached hydrogen (secondary N) is 1. The molecule has 1 heterocycles. The number of nitriles is 1. The number of hydrogen-bond donors (Lipinski definition) is 1. The maximum atomic E-state index is 9.21. The smallest absolute Gasteiger partial charge is 0.144 e. The lowest BCUT2D eigenvalue weighted by Gasteiger charge is -2.11. The summed E-state index contributed by atoms with van der Waals surface area (Å²) in [7, 11) is 4.03. The van der Waals surface area contributed by atoms with Crippen LogP contribution in [0.15, 0.2) is 30.3 Å². The summed E-state index contributed by atoms with van der Waals surface area (Å²) >= 11 is 0. The number of nitrogens with zero attached hydrogens (tertiary/aromatic N) is 3. The first kappa shape index (κ1) is 15.2. The van der Waals surface area contributed by atoms with E-state index in [0.717, 1.165) is 17.4 Å². The van der Waals surface area contributed by atoms with E-state index in [1.54, 1.807) is 0 Å². The van der Waals surface area contributed by atoms with E-state index in [1.165, 1.54) is 0 Å². The Balaban J connectivity index is 1.93. The van der Waals surface area contributed by atoms with Gasteiger partial charge in [-0.25, -0.2) is 4.98 Å². The largest absolute Gasteiger partial charge is 0.378 e. The van der Waals surface area contributed by atoms with Crippen LogP contribution in [0.25, 0.3) is 10.9 Å². The number of aromatic nitrogens is 1. The third kappa shape index (κ3) is 4.42. The first-order valence-corrected chi connectivity index (χ1v) is 6.97. The van der Waals surface area contributed by atoms with Gasteiger partial charge < -0.3 is 15.0 Å². The molecule has 2 aromatic rings. The molecule has 5 heteroatoms. The summed E-state index contributed by atoms with van der Waals surface area (Å²) in [5.74, 6) is 0.618. The molecular formula is C16H20N4O. The molecule has 0 radical (unpaired) electrons. The number of hydrogen-bond acceptors (Lipinski definition) is 5. The second-order valence-corrected chi connectivity index (χ2v) is 5.03. The zero-order chi connectivity index (χ0) is 15.1. The molecule has 0 aliphatic carbocycles. The maximum Gasteiger partial charge on any atom is 0.144 e. The fourth-order valence-corrected chi connectivity index (χ4v) is 1.93. The molecule has 0 aliphatic heterocycles. The van der Waals surface area contributed by atoms with Crippen molar-refractivity contribution in [3.05, 3.63) is 35.9 Å². The van der Waals surface area contributed by atoms with Gasteiger partial charge in [0.1, 0.15) is 11.9 Å². The molecule has 1 N–H and O–H groups in total. The lowest BCUT2D eigenvalue weighted by atomic mass is 10.1. The zero-order valence-electron chi connectivity index (χ0n) is 12.5. The molecule has 0 atom stereocenters. The van der Waals surface area contributed by atoms with E-state index < -0.39 is 0 Å². The Morgan fingerprint density at radius 1 is 1.29 bits per heavy atom. The van der Waals surface area contributed by atoms with Gasteiger partial charge in [0.2, 0.25) is 0 Å². The molecule has 2 rings (SSSR count). The lowest BCUT2D eigenvalue weighted by Crippen LogP contribution is -2.20. The van der Waals surface area contributed by atoms with E-state index in [4.69, 9.17) is 4.74 Å². The van der Waals surface area contributed by atoms with Crippen LogP contribution in [-0.2, 0) is 4.74 Å². The fourth-order valence-electron chi connectivity index (χ4n) is 1.93. The van der Waals surface area contributed by atoms with Crippen LogP contribution in [0, 0.1) is 11.3 Å². The van der Waals surface area contributed by atoms with Crippen molar-refractivity contribution >= 4 is 16.7 Å². The van der Waals surface area contributed by atoms with E-state index in [2.05, 4.69) is 21.3 Å². The Hall–Kier alpha value is -2.16. The molecule has 0 spiro atoms. The molecule has 0 unspecified atom stereocenters. The number of anilines is 1. The minimum atomic E-state index is 0.557. The Kier molecular flexibility index (Phi) is 5.50. The van der Waals surface area contributed by atoms with Crippen LogP contribution in [0.4, 0.5) is 5.82 Å². The van der Waals surface area contributed by atoms with Crippen LogP contribution in [0.1, 0.15) is 5.56 Å². The highest BCUT2D eigenvalue weighted by Crippen LogP contribution is 2.19. The summed E-state index contributed by atoms with van der Waals surface area (Å²) < 4.78 is 5.51. The summed E-state index contributed by atoms with van der Waals surface area (Å²) in [6.07, 6.45) is 0. The molecule has 0 bridgehead atoms. The van der Waals surface area contributed by atoms with Gasteiger partial charge in [-0.3, -0.25) is 0 Å². The molecule has 0 saturated carbocycles. The van der Waals surface area contributed by atoms with Crippen molar-refractivity contribution in [2.45, 2.75) is 0 Å². The van der Waals surface area contributed by atoms with E-state index in [0.29, 0.717) is 31.1 Å².